The van der Waals surface area contributed by atoms with Crippen LogP contribution in [0.2, 0.25) is 0 Å². The van der Waals surface area contributed by atoms with Gasteiger partial charge in [0.1, 0.15) is 16.9 Å². The van der Waals surface area contributed by atoms with Crippen LogP contribution < -0.4 is 10.1 Å². The third kappa shape index (κ3) is 3.38. The van der Waals surface area contributed by atoms with Gasteiger partial charge in [0.2, 0.25) is 0 Å². The number of nitrogens with zero attached hydrogens (tertiary/aromatic N) is 1. The van der Waals surface area contributed by atoms with Gasteiger partial charge in [0.05, 0.1) is 22.6 Å². The fraction of sp³-hybridized carbons (Fsp3) is 0.0952. The highest BCUT2D eigenvalue weighted by Crippen LogP contribution is 2.36. The van der Waals surface area contributed by atoms with Crippen LogP contribution in [0.4, 0.5) is 11.4 Å². The molecule has 0 radical (unpaired) electrons. The van der Waals surface area contributed by atoms with E-state index >= 15 is 0 Å². The average Bonchev–Trinajstić information content (AvgIpc) is 3.09. The average molecular weight is 408 g/mol. The largest absolute Gasteiger partial charge is 0.495 e. The number of furan rings is 1. The Labute approximate surface area is 169 Å². The van der Waals surface area contributed by atoms with Crippen molar-refractivity contribution in [2.24, 2.45) is 0 Å². The van der Waals surface area contributed by atoms with Crippen molar-refractivity contribution in [3.8, 4) is 5.75 Å². The molecule has 4 rings (SSSR count). The molecule has 4 aromatic rings. The molecular weight excluding hydrogens is 392 g/mol. The quantitative estimate of drug-likeness (QED) is 0.267. The van der Waals surface area contributed by atoms with E-state index in [1.807, 2.05) is 24.3 Å². The van der Waals surface area contributed by atoms with E-state index in [0.717, 1.165) is 16.4 Å². The predicted molar refractivity (Wildman–Crippen MR) is 113 cm³/mol. The highest BCUT2D eigenvalue weighted by atomic mass is 32.2. The van der Waals surface area contributed by atoms with Crippen molar-refractivity contribution in [2.75, 3.05) is 18.7 Å². The maximum Gasteiger partial charge on any atom is 0.283 e. The number of hydrogen-bond donors (Lipinski definition) is 1. The molecule has 1 aromatic heterocycles. The number of benzene rings is 3. The van der Waals surface area contributed by atoms with Crippen LogP contribution in [-0.2, 0) is 0 Å². The molecule has 0 unspecified atom stereocenters. The maximum atomic E-state index is 12.7. The molecule has 29 heavy (non-hydrogen) atoms. The predicted octanol–water partition coefficient (Wildman–Crippen LogP) is 5.48. The number of para-hydroxylation sites is 1. The lowest BCUT2D eigenvalue weighted by molar-refractivity contribution is -0.387. The van der Waals surface area contributed by atoms with E-state index in [-0.39, 0.29) is 11.3 Å². The van der Waals surface area contributed by atoms with Gasteiger partial charge in [0.25, 0.3) is 11.6 Å². The Bertz CT molecular complexity index is 1260. The van der Waals surface area contributed by atoms with E-state index in [1.54, 1.807) is 30.5 Å². The fourth-order valence-electron chi connectivity index (χ4n) is 3.19. The molecule has 0 aliphatic heterocycles. The van der Waals surface area contributed by atoms with Gasteiger partial charge in [-0.15, -0.1) is 11.8 Å². The number of rotatable bonds is 5. The monoisotopic (exact) mass is 408 g/mol. The van der Waals surface area contributed by atoms with Gasteiger partial charge in [-0.2, -0.15) is 0 Å². The van der Waals surface area contributed by atoms with E-state index in [9.17, 15) is 14.9 Å². The van der Waals surface area contributed by atoms with Crippen molar-refractivity contribution in [1.82, 2.24) is 0 Å². The van der Waals surface area contributed by atoms with Gasteiger partial charge >= 0.3 is 0 Å². The second-order valence-electron chi connectivity index (χ2n) is 6.24. The number of amides is 1. The number of anilines is 1. The standard InChI is InChI=1S/C21H16N2O5S/c1-27-19-10-14-13-5-3-4-6-17(13)28-18(14)11-15(19)22-21(24)12-7-8-20(29-2)16(9-12)23(25)26/h3-11H,1-2H3,(H,22,24). The number of nitro benzene ring substituents is 1. The summed E-state index contributed by atoms with van der Waals surface area (Å²) in [5, 5.41) is 15.9. The zero-order chi connectivity index (χ0) is 20.5. The molecule has 8 heteroatoms. The Morgan fingerprint density at radius 3 is 2.62 bits per heavy atom. The van der Waals surface area contributed by atoms with E-state index in [2.05, 4.69) is 5.32 Å². The molecule has 0 fully saturated rings. The first kappa shape index (κ1) is 18.8. The SMILES string of the molecule is COc1cc2c(cc1NC(=O)c1ccc(SC)c([N+](=O)[O-])c1)oc1ccccc12. The van der Waals surface area contributed by atoms with Gasteiger partial charge in [0, 0.05) is 28.5 Å². The van der Waals surface area contributed by atoms with Gasteiger partial charge in [-0.1, -0.05) is 18.2 Å². The van der Waals surface area contributed by atoms with Crippen molar-refractivity contribution in [3.63, 3.8) is 0 Å². The van der Waals surface area contributed by atoms with Crippen molar-refractivity contribution in [2.45, 2.75) is 4.90 Å². The van der Waals surface area contributed by atoms with Gasteiger partial charge in [-0.05, 0) is 30.5 Å². The zero-order valence-electron chi connectivity index (χ0n) is 15.6. The first-order valence-electron chi connectivity index (χ1n) is 8.65. The summed E-state index contributed by atoms with van der Waals surface area (Å²) < 4.78 is 11.3. The first-order chi connectivity index (χ1) is 14.0. The van der Waals surface area contributed by atoms with Gasteiger partial charge in [-0.25, -0.2) is 0 Å². The molecule has 7 nitrogen and oxygen atoms in total. The molecule has 0 atom stereocenters. The third-order valence-corrected chi connectivity index (χ3v) is 5.37. The number of thioether (sulfide) groups is 1. The van der Waals surface area contributed by atoms with E-state index in [0.29, 0.717) is 21.9 Å². The molecular formula is C21H16N2O5S. The molecule has 0 saturated carbocycles. The Morgan fingerprint density at radius 2 is 1.90 bits per heavy atom. The number of carbonyl (C=O) groups is 1. The Balaban J connectivity index is 1.73. The molecule has 1 heterocycles. The number of ether oxygens (including phenoxy) is 1. The van der Waals surface area contributed by atoms with Crippen LogP contribution in [0.25, 0.3) is 21.9 Å². The number of hydrogen-bond acceptors (Lipinski definition) is 6. The lowest BCUT2D eigenvalue weighted by Crippen LogP contribution is -2.13. The summed E-state index contributed by atoms with van der Waals surface area (Å²) in [6.45, 7) is 0. The normalized spacial score (nSPS) is 11.0. The zero-order valence-corrected chi connectivity index (χ0v) is 16.4. The number of methoxy groups -OCH3 is 1. The molecule has 0 spiro atoms. The van der Waals surface area contributed by atoms with Crippen LogP contribution in [0.1, 0.15) is 10.4 Å². The first-order valence-corrected chi connectivity index (χ1v) is 9.87. The second kappa shape index (κ2) is 7.48. The highest BCUT2D eigenvalue weighted by molar-refractivity contribution is 7.98. The molecule has 0 bridgehead atoms. The number of carbonyl (C=O) groups excluding carboxylic acids is 1. The molecule has 1 amide bonds. The van der Waals surface area contributed by atoms with Crippen LogP contribution in [0, 0.1) is 10.1 Å². The summed E-state index contributed by atoms with van der Waals surface area (Å²) in [6.07, 6.45) is 1.75. The van der Waals surface area contributed by atoms with E-state index in [4.69, 9.17) is 9.15 Å². The molecule has 146 valence electrons. The number of fused-ring (bicyclic) bond motifs is 3. The van der Waals surface area contributed by atoms with Crippen LogP contribution in [-0.4, -0.2) is 24.2 Å². The van der Waals surface area contributed by atoms with Crippen LogP contribution in [0.3, 0.4) is 0 Å². The Morgan fingerprint density at radius 1 is 1.10 bits per heavy atom. The van der Waals surface area contributed by atoms with E-state index in [1.165, 1.54) is 24.9 Å². The highest BCUT2D eigenvalue weighted by Gasteiger charge is 2.19. The molecule has 0 aliphatic rings. The maximum absolute atomic E-state index is 12.7. The van der Waals surface area contributed by atoms with Crippen molar-refractivity contribution in [1.29, 1.82) is 0 Å². The summed E-state index contributed by atoms with van der Waals surface area (Å²) >= 11 is 1.25. The van der Waals surface area contributed by atoms with Gasteiger partial charge in [-0.3, -0.25) is 14.9 Å². The fourth-order valence-corrected chi connectivity index (χ4v) is 3.73. The second-order valence-corrected chi connectivity index (χ2v) is 7.09. The smallest absolute Gasteiger partial charge is 0.283 e. The lowest BCUT2D eigenvalue weighted by atomic mass is 10.1. The minimum atomic E-state index is -0.496. The number of nitrogens with one attached hydrogen (secondary N) is 1. The summed E-state index contributed by atoms with van der Waals surface area (Å²) in [7, 11) is 1.51. The molecule has 0 aliphatic carbocycles. The summed E-state index contributed by atoms with van der Waals surface area (Å²) in [4.78, 5) is 24.0. The topological polar surface area (TPSA) is 94.6 Å². The van der Waals surface area contributed by atoms with Crippen LogP contribution in [0.15, 0.2) is 63.9 Å². The van der Waals surface area contributed by atoms with E-state index < -0.39 is 10.8 Å². The summed E-state index contributed by atoms with van der Waals surface area (Å²) in [5.41, 5.74) is 1.83. The Hall–Kier alpha value is -3.52. The minimum absolute atomic E-state index is 0.107. The third-order valence-electron chi connectivity index (χ3n) is 4.58. The number of nitro groups is 1. The summed E-state index contributed by atoms with van der Waals surface area (Å²) in [6, 6.07) is 15.5. The summed E-state index contributed by atoms with van der Waals surface area (Å²) in [5.74, 6) is -0.0119. The minimum Gasteiger partial charge on any atom is -0.495 e. The van der Waals surface area contributed by atoms with Gasteiger partial charge in [0.15, 0.2) is 0 Å². The molecule has 0 saturated heterocycles. The van der Waals surface area contributed by atoms with Crippen LogP contribution in [0.5, 0.6) is 5.75 Å². The molecule has 3 aromatic carbocycles. The van der Waals surface area contributed by atoms with Crippen molar-refractivity contribution < 1.29 is 18.9 Å². The Kier molecular flexibility index (Phi) is 4.85. The van der Waals surface area contributed by atoms with Crippen molar-refractivity contribution >= 4 is 51.0 Å². The lowest BCUT2D eigenvalue weighted by Gasteiger charge is -2.11. The molecule has 1 N–H and O–H groups in total. The van der Waals surface area contributed by atoms with Crippen LogP contribution >= 0.6 is 11.8 Å². The van der Waals surface area contributed by atoms with Gasteiger partial charge < -0.3 is 14.5 Å². The van der Waals surface area contributed by atoms with Crippen molar-refractivity contribution in [3.05, 3.63) is 70.3 Å².